The number of guanidine groups is 1. The van der Waals surface area contributed by atoms with Crippen LogP contribution in [-0.2, 0) is 10.0 Å². The topological polar surface area (TPSA) is 91.8 Å². The van der Waals surface area contributed by atoms with E-state index in [1.807, 2.05) is 19.1 Å². The zero-order chi connectivity index (χ0) is 18.0. The molecule has 3 N–H and O–H groups in total. The minimum atomic E-state index is -3.17. The van der Waals surface area contributed by atoms with E-state index in [1.54, 1.807) is 26.1 Å². The number of ether oxygens (including phenoxy) is 1. The molecular weight excluding hydrogens is 479 g/mol. The van der Waals surface area contributed by atoms with Crippen LogP contribution in [0.3, 0.4) is 0 Å². The van der Waals surface area contributed by atoms with E-state index >= 15 is 0 Å². The Morgan fingerprint density at radius 3 is 2.44 bits per heavy atom. The standard InChI is InChI=1S/C15H25ClN4O3S.HI/c1-4-24(21,22)20-10-9-18-15(17-3)19-11-12(2)23-14-7-5-13(16)6-8-14;/h5-8,12,20H,4,9-11H2,1-3H3,(H2,17,18,19);1H. The van der Waals surface area contributed by atoms with Crippen LogP contribution < -0.4 is 20.1 Å². The van der Waals surface area contributed by atoms with E-state index in [1.165, 1.54) is 0 Å². The van der Waals surface area contributed by atoms with Gasteiger partial charge in [0.25, 0.3) is 0 Å². The summed E-state index contributed by atoms with van der Waals surface area (Å²) in [5.41, 5.74) is 0. The second-order valence-electron chi connectivity index (χ2n) is 5.06. The average molecular weight is 505 g/mol. The maximum Gasteiger partial charge on any atom is 0.211 e. The maximum atomic E-state index is 11.3. The first kappa shape index (κ1) is 24.2. The molecule has 1 rings (SSSR count). The van der Waals surface area contributed by atoms with Crippen LogP contribution in [0, 0.1) is 0 Å². The highest BCUT2D eigenvalue weighted by Gasteiger charge is 2.07. The highest BCUT2D eigenvalue weighted by atomic mass is 127. The molecule has 0 bridgehead atoms. The molecule has 10 heteroatoms. The monoisotopic (exact) mass is 504 g/mol. The van der Waals surface area contributed by atoms with Gasteiger partial charge in [0, 0.05) is 25.2 Å². The third-order valence-corrected chi connectivity index (χ3v) is 4.71. The Balaban J connectivity index is 0.00000576. The number of aliphatic imine (C=N–C) groups is 1. The summed E-state index contributed by atoms with van der Waals surface area (Å²) in [4.78, 5) is 4.08. The van der Waals surface area contributed by atoms with Gasteiger partial charge >= 0.3 is 0 Å². The predicted molar refractivity (Wildman–Crippen MR) is 114 cm³/mol. The normalized spacial score (nSPS) is 12.9. The summed E-state index contributed by atoms with van der Waals surface area (Å²) in [5, 5.41) is 6.82. The predicted octanol–water partition coefficient (Wildman–Crippen LogP) is 1.83. The Morgan fingerprint density at radius 2 is 1.88 bits per heavy atom. The average Bonchev–Trinajstić information content (AvgIpc) is 2.56. The molecule has 0 radical (unpaired) electrons. The minimum Gasteiger partial charge on any atom is -0.489 e. The Hall–Kier alpha value is -0.780. The summed E-state index contributed by atoms with van der Waals surface area (Å²) >= 11 is 5.83. The van der Waals surface area contributed by atoms with Gasteiger partial charge in [0.1, 0.15) is 11.9 Å². The smallest absolute Gasteiger partial charge is 0.211 e. The highest BCUT2D eigenvalue weighted by molar-refractivity contribution is 14.0. The van der Waals surface area contributed by atoms with Crippen molar-refractivity contribution in [3.63, 3.8) is 0 Å². The number of benzene rings is 1. The molecule has 0 fully saturated rings. The minimum absolute atomic E-state index is 0. The largest absolute Gasteiger partial charge is 0.489 e. The number of rotatable bonds is 9. The van der Waals surface area contributed by atoms with Crippen LogP contribution in [0.2, 0.25) is 5.02 Å². The molecule has 1 aromatic carbocycles. The molecule has 0 aliphatic rings. The lowest BCUT2D eigenvalue weighted by Gasteiger charge is -2.18. The summed E-state index contributed by atoms with van der Waals surface area (Å²) in [7, 11) is -1.52. The third-order valence-electron chi connectivity index (χ3n) is 3.05. The number of hydrogen-bond donors (Lipinski definition) is 3. The van der Waals surface area contributed by atoms with Crippen molar-refractivity contribution in [3.05, 3.63) is 29.3 Å². The van der Waals surface area contributed by atoms with Crippen molar-refractivity contribution in [2.24, 2.45) is 4.99 Å². The van der Waals surface area contributed by atoms with E-state index < -0.39 is 10.0 Å². The van der Waals surface area contributed by atoms with E-state index in [0.717, 1.165) is 5.75 Å². The van der Waals surface area contributed by atoms with Crippen LogP contribution in [0.25, 0.3) is 0 Å². The van der Waals surface area contributed by atoms with Crippen LogP contribution in [0.5, 0.6) is 5.75 Å². The summed E-state index contributed by atoms with van der Waals surface area (Å²) < 4.78 is 30.9. The first-order valence-corrected chi connectivity index (χ1v) is 9.73. The van der Waals surface area contributed by atoms with Crippen LogP contribution in [0.15, 0.2) is 29.3 Å². The van der Waals surface area contributed by atoms with E-state index in [0.29, 0.717) is 30.6 Å². The Labute approximate surface area is 172 Å². The second kappa shape index (κ2) is 12.6. The zero-order valence-electron chi connectivity index (χ0n) is 14.6. The quantitative estimate of drug-likeness (QED) is 0.207. The van der Waals surface area contributed by atoms with Crippen molar-refractivity contribution >= 4 is 51.6 Å². The Bertz CT molecular complexity index is 626. The third kappa shape index (κ3) is 10.7. The van der Waals surface area contributed by atoms with Gasteiger partial charge in [0.2, 0.25) is 10.0 Å². The lowest BCUT2D eigenvalue weighted by molar-refractivity contribution is 0.224. The fourth-order valence-electron chi connectivity index (χ4n) is 1.74. The molecule has 0 aliphatic heterocycles. The molecule has 25 heavy (non-hydrogen) atoms. The van der Waals surface area contributed by atoms with Gasteiger partial charge in [0.15, 0.2) is 5.96 Å². The molecule has 1 aromatic rings. The molecule has 0 saturated carbocycles. The Morgan fingerprint density at radius 1 is 1.24 bits per heavy atom. The van der Waals surface area contributed by atoms with E-state index in [-0.39, 0.29) is 35.8 Å². The van der Waals surface area contributed by atoms with Crippen molar-refractivity contribution in [2.75, 3.05) is 32.4 Å². The van der Waals surface area contributed by atoms with Crippen LogP contribution in [-0.4, -0.2) is 52.9 Å². The van der Waals surface area contributed by atoms with Gasteiger partial charge in [0.05, 0.1) is 12.3 Å². The molecule has 144 valence electrons. The van der Waals surface area contributed by atoms with Crippen molar-refractivity contribution in [2.45, 2.75) is 20.0 Å². The van der Waals surface area contributed by atoms with E-state index in [2.05, 4.69) is 20.3 Å². The summed E-state index contributed by atoms with van der Waals surface area (Å²) in [6, 6.07) is 7.17. The van der Waals surface area contributed by atoms with Gasteiger partial charge in [-0.05, 0) is 38.1 Å². The zero-order valence-corrected chi connectivity index (χ0v) is 18.5. The number of sulfonamides is 1. The highest BCUT2D eigenvalue weighted by Crippen LogP contribution is 2.16. The van der Waals surface area contributed by atoms with Crippen LogP contribution >= 0.6 is 35.6 Å². The second-order valence-corrected chi connectivity index (χ2v) is 7.59. The van der Waals surface area contributed by atoms with Gasteiger partial charge in [-0.15, -0.1) is 24.0 Å². The molecule has 7 nitrogen and oxygen atoms in total. The van der Waals surface area contributed by atoms with E-state index in [4.69, 9.17) is 16.3 Å². The molecule has 0 heterocycles. The molecule has 1 atom stereocenters. The molecule has 0 aromatic heterocycles. The van der Waals surface area contributed by atoms with Crippen LogP contribution in [0.4, 0.5) is 0 Å². The van der Waals surface area contributed by atoms with Gasteiger partial charge in [-0.3, -0.25) is 4.99 Å². The first-order chi connectivity index (χ1) is 11.4. The number of nitrogens with one attached hydrogen (secondary N) is 3. The number of hydrogen-bond acceptors (Lipinski definition) is 4. The lowest BCUT2D eigenvalue weighted by Crippen LogP contribution is -2.44. The van der Waals surface area contributed by atoms with Gasteiger partial charge in [-0.2, -0.15) is 0 Å². The van der Waals surface area contributed by atoms with Crippen molar-refractivity contribution in [1.82, 2.24) is 15.4 Å². The molecule has 0 aliphatic carbocycles. The molecule has 0 saturated heterocycles. The first-order valence-electron chi connectivity index (χ1n) is 7.70. The fraction of sp³-hybridized carbons (Fsp3) is 0.533. The number of halogens is 2. The fourth-order valence-corrected chi connectivity index (χ4v) is 2.48. The van der Waals surface area contributed by atoms with Gasteiger partial charge < -0.3 is 15.4 Å². The summed E-state index contributed by atoms with van der Waals surface area (Å²) in [5.74, 6) is 1.39. The van der Waals surface area contributed by atoms with Crippen LogP contribution in [0.1, 0.15) is 13.8 Å². The SMILES string of the molecule is CCS(=O)(=O)NCCNC(=NC)NCC(C)Oc1ccc(Cl)cc1.I. The summed E-state index contributed by atoms with van der Waals surface area (Å²) in [6.45, 7) is 4.81. The van der Waals surface area contributed by atoms with Crippen molar-refractivity contribution < 1.29 is 13.2 Å². The number of nitrogens with zero attached hydrogens (tertiary/aromatic N) is 1. The molecule has 0 amide bonds. The van der Waals surface area contributed by atoms with Crippen molar-refractivity contribution in [3.8, 4) is 5.75 Å². The summed E-state index contributed by atoms with van der Waals surface area (Å²) in [6.07, 6.45) is -0.0803. The van der Waals surface area contributed by atoms with Gasteiger partial charge in [-0.25, -0.2) is 13.1 Å². The van der Waals surface area contributed by atoms with E-state index in [9.17, 15) is 8.42 Å². The lowest BCUT2D eigenvalue weighted by atomic mass is 10.3. The van der Waals surface area contributed by atoms with Gasteiger partial charge in [-0.1, -0.05) is 11.6 Å². The Kier molecular flexibility index (Phi) is 12.2. The maximum absolute atomic E-state index is 11.3. The van der Waals surface area contributed by atoms with Crippen molar-refractivity contribution in [1.29, 1.82) is 0 Å². The molecule has 1 unspecified atom stereocenters. The molecular formula is C15H26ClIN4O3S. The molecule has 0 spiro atoms.